The van der Waals surface area contributed by atoms with Crippen LogP contribution < -0.4 is 15.8 Å². The topological polar surface area (TPSA) is 86.8 Å². The van der Waals surface area contributed by atoms with Crippen LogP contribution >= 0.6 is 11.6 Å². The number of aromatic amines is 1. The van der Waals surface area contributed by atoms with E-state index in [-0.39, 0.29) is 16.6 Å². The molecule has 2 N–H and O–H groups in total. The minimum atomic E-state index is -0.373. The van der Waals surface area contributed by atoms with Crippen LogP contribution in [0.3, 0.4) is 0 Å². The highest BCUT2D eigenvalue weighted by atomic mass is 35.5. The number of aryl methyl sites for hydroxylation is 1. The summed E-state index contributed by atoms with van der Waals surface area (Å²) in [4.78, 5) is 22.3. The predicted octanol–water partition coefficient (Wildman–Crippen LogP) is 1.86. The Bertz CT molecular complexity index is 726. The Hall–Kier alpha value is -2.15. The third-order valence-corrected chi connectivity index (χ3v) is 4.42. The van der Waals surface area contributed by atoms with Crippen LogP contribution in [0.25, 0.3) is 0 Å². The van der Waals surface area contributed by atoms with Crippen LogP contribution in [0.1, 0.15) is 25.5 Å². The molecule has 8 heteroatoms. The molecule has 1 aliphatic rings. The van der Waals surface area contributed by atoms with Crippen LogP contribution in [0.2, 0.25) is 5.02 Å². The maximum absolute atomic E-state index is 11.5. The molecule has 3 rings (SSSR count). The molecule has 2 aromatic heterocycles. The molecule has 1 saturated heterocycles. The maximum atomic E-state index is 11.5. The number of nitrogens with one attached hydrogen (secondary N) is 2. The van der Waals surface area contributed by atoms with Gasteiger partial charge in [0.2, 0.25) is 0 Å². The first-order chi connectivity index (χ1) is 11.2. The molecule has 0 saturated carbocycles. The van der Waals surface area contributed by atoms with Crippen LogP contribution in [-0.2, 0) is 6.42 Å². The normalized spacial score (nSPS) is 15.7. The summed E-state index contributed by atoms with van der Waals surface area (Å²) in [6.07, 6.45) is 5.96. The fourth-order valence-corrected chi connectivity index (χ4v) is 2.85. The average Bonchev–Trinajstić information content (AvgIpc) is 2.60. The zero-order valence-electron chi connectivity index (χ0n) is 12.9. The number of aromatic nitrogens is 4. The van der Waals surface area contributed by atoms with Gasteiger partial charge in [-0.3, -0.25) is 4.79 Å². The summed E-state index contributed by atoms with van der Waals surface area (Å²) in [6.45, 7) is 3.87. The fourth-order valence-electron chi connectivity index (χ4n) is 2.71. The second kappa shape index (κ2) is 6.95. The van der Waals surface area contributed by atoms with E-state index in [0.29, 0.717) is 5.69 Å². The van der Waals surface area contributed by atoms with Gasteiger partial charge in [-0.2, -0.15) is 5.10 Å². The van der Waals surface area contributed by atoms with Gasteiger partial charge in [-0.05, 0) is 19.3 Å². The molecule has 0 unspecified atom stereocenters. The second-order valence-electron chi connectivity index (χ2n) is 5.55. The third-order valence-electron chi connectivity index (χ3n) is 4.05. The van der Waals surface area contributed by atoms with E-state index in [2.05, 4.69) is 37.3 Å². The SMILES string of the molecule is CCc1cc(N2CCC(Nc3cn[nH]c(=O)c3Cl)CC2)ncn1. The molecule has 0 aromatic carbocycles. The van der Waals surface area contributed by atoms with Crippen molar-refractivity contribution in [3.05, 3.63) is 39.7 Å². The first kappa shape index (κ1) is 15.7. The van der Waals surface area contributed by atoms with Gasteiger partial charge in [-0.15, -0.1) is 0 Å². The molecular formula is C15H19ClN6O. The standard InChI is InChI=1S/C15H19ClN6O/c1-2-10-7-13(18-9-17-10)22-5-3-11(4-6-22)20-12-8-19-21-15(23)14(12)16/h7-9,11H,2-6H2,1H3,(H2,20,21,23). The van der Waals surface area contributed by atoms with Crippen molar-refractivity contribution in [1.29, 1.82) is 0 Å². The van der Waals surface area contributed by atoms with E-state index >= 15 is 0 Å². The zero-order chi connectivity index (χ0) is 16.2. The van der Waals surface area contributed by atoms with Crippen LogP contribution in [0, 0.1) is 0 Å². The Morgan fingerprint density at radius 2 is 2.17 bits per heavy atom. The summed E-state index contributed by atoms with van der Waals surface area (Å²) >= 11 is 6.00. The van der Waals surface area contributed by atoms with Crippen LogP contribution in [0.5, 0.6) is 0 Å². The highest BCUT2D eigenvalue weighted by molar-refractivity contribution is 6.32. The Kier molecular flexibility index (Phi) is 4.76. The molecule has 2 aromatic rings. The van der Waals surface area contributed by atoms with E-state index in [0.717, 1.165) is 43.9 Å². The Morgan fingerprint density at radius 1 is 1.39 bits per heavy atom. The minimum Gasteiger partial charge on any atom is -0.380 e. The van der Waals surface area contributed by atoms with Crippen LogP contribution in [0.15, 0.2) is 23.4 Å². The summed E-state index contributed by atoms with van der Waals surface area (Å²) < 4.78 is 0. The van der Waals surface area contributed by atoms with E-state index in [1.165, 1.54) is 0 Å². The molecule has 122 valence electrons. The van der Waals surface area contributed by atoms with Crippen molar-refractivity contribution in [2.45, 2.75) is 32.2 Å². The highest BCUT2D eigenvalue weighted by Gasteiger charge is 2.21. The van der Waals surface area contributed by atoms with E-state index in [4.69, 9.17) is 11.6 Å². The highest BCUT2D eigenvalue weighted by Crippen LogP contribution is 2.22. The lowest BCUT2D eigenvalue weighted by atomic mass is 10.0. The monoisotopic (exact) mass is 334 g/mol. The fraction of sp³-hybridized carbons (Fsp3) is 0.467. The van der Waals surface area contributed by atoms with Gasteiger partial charge in [-0.1, -0.05) is 18.5 Å². The summed E-state index contributed by atoms with van der Waals surface area (Å²) in [6, 6.07) is 2.31. The molecule has 3 heterocycles. The van der Waals surface area contributed by atoms with Crippen molar-refractivity contribution in [3.8, 4) is 0 Å². The van der Waals surface area contributed by atoms with Crippen molar-refractivity contribution < 1.29 is 0 Å². The smallest absolute Gasteiger partial charge is 0.285 e. The first-order valence-corrected chi connectivity index (χ1v) is 8.10. The molecule has 0 amide bonds. The average molecular weight is 335 g/mol. The lowest BCUT2D eigenvalue weighted by Crippen LogP contribution is -2.39. The number of H-pyrrole nitrogens is 1. The molecular weight excluding hydrogens is 316 g/mol. The molecule has 0 radical (unpaired) electrons. The number of hydrogen-bond donors (Lipinski definition) is 2. The summed E-state index contributed by atoms with van der Waals surface area (Å²) in [5.74, 6) is 0.978. The van der Waals surface area contributed by atoms with Gasteiger partial charge in [-0.25, -0.2) is 15.1 Å². The van der Waals surface area contributed by atoms with Crippen LogP contribution in [0.4, 0.5) is 11.5 Å². The van der Waals surface area contributed by atoms with Crippen molar-refractivity contribution in [1.82, 2.24) is 20.2 Å². The minimum absolute atomic E-state index is 0.158. The van der Waals surface area contributed by atoms with E-state index in [9.17, 15) is 4.79 Å². The van der Waals surface area contributed by atoms with Crippen molar-refractivity contribution in [3.63, 3.8) is 0 Å². The number of nitrogens with zero attached hydrogens (tertiary/aromatic N) is 4. The number of anilines is 2. The third kappa shape index (κ3) is 3.61. The maximum Gasteiger partial charge on any atom is 0.285 e. The molecule has 0 atom stereocenters. The van der Waals surface area contributed by atoms with E-state index in [1.807, 2.05) is 6.07 Å². The lowest BCUT2D eigenvalue weighted by molar-refractivity contribution is 0.523. The molecule has 0 spiro atoms. The quantitative estimate of drug-likeness (QED) is 0.887. The second-order valence-corrected chi connectivity index (χ2v) is 5.93. The summed E-state index contributed by atoms with van der Waals surface area (Å²) in [7, 11) is 0. The Balaban J connectivity index is 1.62. The van der Waals surface area contributed by atoms with Gasteiger partial charge in [0.25, 0.3) is 5.56 Å². The van der Waals surface area contributed by atoms with E-state index < -0.39 is 0 Å². The number of hydrogen-bond acceptors (Lipinski definition) is 6. The molecule has 1 aliphatic heterocycles. The summed E-state index contributed by atoms with van der Waals surface area (Å²) in [5, 5.41) is 9.57. The van der Waals surface area contributed by atoms with Gasteiger partial charge >= 0.3 is 0 Å². The Morgan fingerprint density at radius 3 is 2.91 bits per heavy atom. The number of halogens is 1. The molecule has 0 bridgehead atoms. The van der Waals surface area contributed by atoms with E-state index in [1.54, 1.807) is 12.5 Å². The summed E-state index contributed by atoms with van der Waals surface area (Å²) in [5.41, 5.74) is 1.27. The van der Waals surface area contributed by atoms with Crippen molar-refractivity contribution in [2.24, 2.45) is 0 Å². The number of rotatable bonds is 4. The Labute approximate surface area is 139 Å². The van der Waals surface area contributed by atoms with Gasteiger partial charge in [0.05, 0.1) is 11.9 Å². The van der Waals surface area contributed by atoms with Gasteiger partial charge in [0, 0.05) is 30.9 Å². The van der Waals surface area contributed by atoms with Crippen molar-refractivity contribution in [2.75, 3.05) is 23.3 Å². The molecule has 0 aliphatic carbocycles. The van der Waals surface area contributed by atoms with Gasteiger partial charge in [0.1, 0.15) is 17.2 Å². The first-order valence-electron chi connectivity index (χ1n) is 7.73. The molecule has 7 nitrogen and oxygen atoms in total. The number of piperidine rings is 1. The predicted molar refractivity (Wildman–Crippen MR) is 90.1 cm³/mol. The van der Waals surface area contributed by atoms with Gasteiger partial charge in [0.15, 0.2) is 0 Å². The van der Waals surface area contributed by atoms with Crippen LogP contribution in [-0.4, -0.2) is 39.3 Å². The van der Waals surface area contributed by atoms with Crippen molar-refractivity contribution >= 4 is 23.1 Å². The molecule has 1 fully saturated rings. The lowest BCUT2D eigenvalue weighted by Gasteiger charge is -2.33. The largest absolute Gasteiger partial charge is 0.380 e. The molecule has 23 heavy (non-hydrogen) atoms. The van der Waals surface area contributed by atoms with Gasteiger partial charge < -0.3 is 10.2 Å². The zero-order valence-corrected chi connectivity index (χ0v) is 13.7.